The minimum atomic E-state index is 0. The quantitative estimate of drug-likeness (QED) is 0.355. The van der Waals surface area contributed by atoms with Crippen LogP contribution >= 0.6 is 24.0 Å². The number of benzene rings is 1. The maximum absolute atomic E-state index is 5.51. The van der Waals surface area contributed by atoms with Crippen molar-refractivity contribution in [2.75, 3.05) is 27.8 Å². The second kappa shape index (κ2) is 9.15. The first-order chi connectivity index (χ1) is 12.1. The molecule has 2 aliphatic carbocycles. The van der Waals surface area contributed by atoms with Gasteiger partial charge in [0.15, 0.2) is 5.96 Å². The van der Waals surface area contributed by atoms with Crippen molar-refractivity contribution in [3.05, 3.63) is 23.8 Å². The highest BCUT2D eigenvalue weighted by Gasteiger charge is 2.48. The molecule has 2 aliphatic rings. The first kappa shape index (κ1) is 21.1. The summed E-state index contributed by atoms with van der Waals surface area (Å²) in [5.41, 5.74) is 1.58. The Kier molecular flexibility index (Phi) is 7.43. The van der Waals surface area contributed by atoms with Crippen LogP contribution in [0.15, 0.2) is 23.2 Å². The van der Waals surface area contributed by atoms with Crippen molar-refractivity contribution in [3.63, 3.8) is 0 Å². The molecule has 0 radical (unpaired) electrons. The lowest BCUT2D eigenvalue weighted by Gasteiger charge is -2.43. The van der Waals surface area contributed by atoms with Crippen molar-refractivity contribution in [2.45, 2.75) is 45.1 Å². The van der Waals surface area contributed by atoms with E-state index in [4.69, 9.17) is 9.47 Å². The minimum absolute atomic E-state index is 0. The molecule has 1 aromatic carbocycles. The smallest absolute Gasteiger partial charge is 0.191 e. The number of rotatable bonds is 7. The van der Waals surface area contributed by atoms with Crippen LogP contribution in [-0.4, -0.2) is 33.8 Å². The second-order valence-electron chi connectivity index (χ2n) is 7.39. The van der Waals surface area contributed by atoms with Crippen molar-refractivity contribution in [3.8, 4) is 11.5 Å². The van der Waals surface area contributed by atoms with E-state index in [9.17, 15) is 0 Å². The lowest BCUT2D eigenvalue weighted by Crippen LogP contribution is -2.48. The zero-order chi connectivity index (χ0) is 17.9. The van der Waals surface area contributed by atoms with Crippen LogP contribution < -0.4 is 20.1 Å². The van der Waals surface area contributed by atoms with Crippen molar-refractivity contribution >= 4 is 29.9 Å². The summed E-state index contributed by atoms with van der Waals surface area (Å²) in [7, 11) is 5.20. The molecule has 1 unspecified atom stereocenters. The molecule has 3 rings (SSSR count). The van der Waals surface area contributed by atoms with Crippen LogP contribution in [0.3, 0.4) is 0 Å². The van der Waals surface area contributed by atoms with Crippen molar-refractivity contribution in [1.29, 1.82) is 0 Å². The van der Waals surface area contributed by atoms with Crippen LogP contribution in [0.5, 0.6) is 11.5 Å². The molecule has 1 aromatic rings. The van der Waals surface area contributed by atoms with E-state index >= 15 is 0 Å². The molecule has 2 saturated carbocycles. The van der Waals surface area contributed by atoms with Crippen molar-refractivity contribution < 1.29 is 9.47 Å². The summed E-state index contributed by atoms with van der Waals surface area (Å²) in [5.74, 6) is 3.46. The number of hydrogen-bond donors (Lipinski definition) is 2. The molecular formula is C20H32IN3O2. The van der Waals surface area contributed by atoms with E-state index in [2.05, 4.69) is 22.5 Å². The second-order valence-corrected chi connectivity index (χ2v) is 7.39. The van der Waals surface area contributed by atoms with E-state index in [1.54, 1.807) is 14.2 Å². The molecule has 0 heterocycles. The van der Waals surface area contributed by atoms with E-state index < -0.39 is 0 Å². The summed E-state index contributed by atoms with van der Waals surface area (Å²) < 4.78 is 10.9. The first-order valence-corrected chi connectivity index (χ1v) is 9.31. The summed E-state index contributed by atoms with van der Waals surface area (Å²) in [5, 5.41) is 7.06. The third kappa shape index (κ3) is 4.56. The van der Waals surface area contributed by atoms with Gasteiger partial charge in [-0.25, -0.2) is 0 Å². The molecular weight excluding hydrogens is 441 g/mol. The topological polar surface area (TPSA) is 54.9 Å². The Morgan fingerprint density at radius 1 is 1.27 bits per heavy atom. The van der Waals surface area contributed by atoms with Gasteiger partial charge in [0.25, 0.3) is 0 Å². The predicted octanol–water partition coefficient (Wildman–Crippen LogP) is 4.13. The summed E-state index contributed by atoms with van der Waals surface area (Å²) in [6.07, 6.45) is 6.92. The molecule has 0 aliphatic heterocycles. The molecule has 2 N–H and O–H groups in total. The predicted molar refractivity (Wildman–Crippen MR) is 117 cm³/mol. The Labute approximate surface area is 174 Å². The van der Waals surface area contributed by atoms with Gasteiger partial charge >= 0.3 is 0 Å². The van der Waals surface area contributed by atoms with Crippen LogP contribution in [0, 0.1) is 11.3 Å². The highest BCUT2D eigenvalue weighted by atomic mass is 127. The average molecular weight is 473 g/mol. The largest absolute Gasteiger partial charge is 0.497 e. The number of guanidine groups is 1. The van der Waals surface area contributed by atoms with Crippen LogP contribution in [0.2, 0.25) is 0 Å². The standard InChI is InChI=1S/C20H31N3O2.HI/c1-14(17-12-16(24-3)8-9-18(17)25-4)23-19(21-2)22-13-20(10-5-11-20)15-6-7-15;/h8-9,12,14-15H,5-7,10-11,13H2,1-4H3,(H2,21,22,23);1H. The Hall–Kier alpha value is -1.18. The fraction of sp³-hybridized carbons (Fsp3) is 0.650. The molecule has 26 heavy (non-hydrogen) atoms. The van der Waals surface area contributed by atoms with Gasteiger partial charge in [0.05, 0.1) is 20.3 Å². The number of methoxy groups -OCH3 is 2. The Balaban J connectivity index is 0.00000243. The maximum atomic E-state index is 5.51. The molecule has 0 bridgehead atoms. The SMILES string of the molecule is CN=C(NCC1(C2CC2)CCC1)NC(C)c1cc(OC)ccc1OC.I. The van der Waals surface area contributed by atoms with E-state index in [1.165, 1.54) is 32.1 Å². The number of nitrogens with zero attached hydrogens (tertiary/aromatic N) is 1. The van der Waals surface area contributed by atoms with Gasteiger partial charge in [0.2, 0.25) is 0 Å². The van der Waals surface area contributed by atoms with Gasteiger partial charge in [-0.05, 0) is 62.1 Å². The fourth-order valence-electron chi connectivity index (χ4n) is 3.97. The number of hydrogen-bond acceptors (Lipinski definition) is 3. The number of ether oxygens (including phenoxy) is 2. The average Bonchev–Trinajstić information content (AvgIpc) is 3.44. The zero-order valence-electron chi connectivity index (χ0n) is 16.3. The van der Waals surface area contributed by atoms with Crippen LogP contribution in [0.4, 0.5) is 0 Å². The molecule has 0 aromatic heterocycles. The van der Waals surface area contributed by atoms with Crippen LogP contribution in [0.1, 0.15) is 50.6 Å². The number of aliphatic imine (C=N–C) groups is 1. The lowest BCUT2D eigenvalue weighted by atomic mass is 9.65. The third-order valence-electron chi connectivity index (χ3n) is 5.88. The van der Waals surface area contributed by atoms with E-state index in [0.717, 1.165) is 35.5 Å². The van der Waals surface area contributed by atoms with Gasteiger partial charge in [0.1, 0.15) is 11.5 Å². The lowest BCUT2D eigenvalue weighted by molar-refractivity contribution is 0.106. The summed E-state index contributed by atoms with van der Waals surface area (Å²) in [6, 6.07) is 5.94. The Morgan fingerprint density at radius 2 is 2.00 bits per heavy atom. The Morgan fingerprint density at radius 3 is 2.50 bits per heavy atom. The fourth-order valence-corrected chi connectivity index (χ4v) is 3.97. The van der Waals surface area contributed by atoms with E-state index in [1.807, 2.05) is 25.2 Å². The van der Waals surface area contributed by atoms with Crippen molar-refractivity contribution in [2.24, 2.45) is 16.3 Å². The number of nitrogens with one attached hydrogen (secondary N) is 2. The first-order valence-electron chi connectivity index (χ1n) is 9.31. The Bertz CT molecular complexity index is 627. The highest BCUT2D eigenvalue weighted by Crippen LogP contribution is 2.56. The van der Waals surface area contributed by atoms with Gasteiger partial charge in [0, 0.05) is 19.2 Å². The molecule has 0 amide bonds. The van der Waals surface area contributed by atoms with Gasteiger partial charge in [-0.2, -0.15) is 0 Å². The molecule has 0 saturated heterocycles. The minimum Gasteiger partial charge on any atom is -0.497 e. The molecule has 1 atom stereocenters. The summed E-state index contributed by atoms with van der Waals surface area (Å²) in [4.78, 5) is 4.42. The van der Waals surface area contributed by atoms with E-state index in [0.29, 0.717) is 5.41 Å². The molecule has 146 valence electrons. The van der Waals surface area contributed by atoms with Crippen molar-refractivity contribution in [1.82, 2.24) is 10.6 Å². The normalized spacial score (nSPS) is 19.6. The molecule has 2 fully saturated rings. The summed E-state index contributed by atoms with van der Waals surface area (Å²) >= 11 is 0. The number of halogens is 1. The van der Waals surface area contributed by atoms with Crippen LogP contribution in [-0.2, 0) is 0 Å². The van der Waals surface area contributed by atoms with Gasteiger partial charge in [-0.1, -0.05) is 6.42 Å². The maximum Gasteiger partial charge on any atom is 0.191 e. The molecule has 5 nitrogen and oxygen atoms in total. The van der Waals surface area contributed by atoms with Gasteiger partial charge < -0.3 is 20.1 Å². The third-order valence-corrected chi connectivity index (χ3v) is 5.88. The molecule has 0 spiro atoms. The highest BCUT2D eigenvalue weighted by molar-refractivity contribution is 14.0. The van der Waals surface area contributed by atoms with E-state index in [-0.39, 0.29) is 30.0 Å². The van der Waals surface area contributed by atoms with Gasteiger partial charge in [-0.3, -0.25) is 4.99 Å². The summed E-state index contributed by atoms with van der Waals surface area (Å²) in [6.45, 7) is 3.14. The molecule has 6 heteroatoms. The zero-order valence-corrected chi connectivity index (χ0v) is 18.6. The van der Waals surface area contributed by atoms with Gasteiger partial charge in [-0.15, -0.1) is 24.0 Å². The van der Waals surface area contributed by atoms with Crippen LogP contribution in [0.25, 0.3) is 0 Å². The monoisotopic (exact) mass is 473 g/mol.